The third kappa shape index (κ3) is 4.51. The van der Waals surface area contributed by atoms with Crippen LogP contribution < -0.4 is 0 Å². The molecule has 0 unspecified atom stereocenters. The summed E-state index contributed by atoms with van der Waals surface area (Å²) in [5.74, 6) is 0. The Labute approximate surface area is 75.7 Å². The number of unbranched alkanes of at least 4 members (excludes halogenated alkanes) is 1. The zero-order valence-corrected chi connectivity index (χ0v) is 7.91. The van der Waals surface area contributed by atoms with E-state index in [2.05, 4.69) is 4.10 Å². The van der Waals surface area contributed by atoms with Crippen LogP contribution in [0, 0.1) is 0 Å². The fourth-order valence-electron chi connectivity index (χ4n) is 0.588. The lowest BCUT2D eigenvalue weighted by molar-refractivity contribution is -0.0499. The van der Waals surface area contributed by atoms with Crippen LogP contribution in [0.4, 0.5) is 13.2 Å². The van der Waals surface area contributed by atoms with Crippen molar-refractivity contribution >= 4 is 17.6 Å². The quantitative estimate of drug-likeness (QED) is 0.398. The first-order chi connectivity index (χ1) is 5.81. The first-order valence-electron chi connectivity index (χ1n) is 3.77. The Balaban J connectivity index is 3.92. The first kappa shape index (κ1) is 12.8. The summed E-state index contributed by atoms with van der Waals surface area (Å²) in [7, 11) is -5.79. The molecule has 0 spiro atoms. The molecule has 0 aliphatic heterocycles. The fourth-order valence-corrected chi connectivity index (χ4v) is 1.06. The molecule has 0 aromatic heterocycles. The average Bonchev–Trinajstić information content (AvgIpc) is 1.96. The van der Waals surface area contributed by atoms with Gasteiger partial charge in [-0.3, -0.25) is 0 Å². The van der Waals surface area contributed by atoms with Crippen LogP contribution >= 0.6 is 0 Å². The highest BCUT2D eigenvalue weighted by Crippen LogP contribution is 2.24. The van der Waals surface area contributed by atoms with Gasteiger partial charge in [-0.25, -0.2) is 0 Å². The summed E-state index contributed by atoms with van der Waals surface area (Å²) >= 11 is 0. The third-order valence-electron chi connectivity index (χ3n) is 1.27. The summed E-state index contributed by atoms with van der Waals surface area (Å²) in [6, 6.07) is 0. The molecule has 0 heterocycles. The lowest BCUT2D eigenvalue weighted by atomic mass is 9.93. The van der Waals surface area contributed by atoms with E-state index in [1.807, 2.05) is 6.92 Å². The maximum absolute atomic E-state index is 11.6. The van der Waals surface area contributed by atoms with Crippen molar-refractivity contribution in [1.82, 2.24) is 0 Å². The van der Waals surface area contributed by atoms with E-state index in [9.17, 15) is 21.6 Å². The van der Waals surface area contributed by atoms with E-state index in [4.69, 9.17) is 0 Å². The molecule has 0 aromatic carbocycles. The minimum absolute atomic E-state index is 0.311. The van der Waals surface area contributed by atoms with E-state index in [0.29, 0.717) is 12.7 Å². The summed E-state index contributed by atoms with van der Waals surface area (Å²) in [6.45, 7) is 1.85. The zero-order valence-electron chi connectivity index (χ0n) is 7.10. The van der Waals surface area contributed by atoms with Crippen molar-refractivity contribution in [3.8, 4) is 0 Å². The molecule has 3 nitrogen and oxygen atoms in total. The number of halogens is 3. The molecule has 13 heavy (non-hydrogen) atoms. The second-order valence-electron chi connectivity index (χ2n) is 2.43. The van der Waals surface area contributed by atoms with Crippen molar-refractivity contribution in [3.63, 3.8) is 0 Å². The molecule has 0 saturated carbocycles. The van der Waals surface area contributed by atoms with Crippen molar-refractivity contribution in [2.24, 2.45) is 0 Å². The smallest absolute Gasteiger partial charge is 0.332 e. The summed E-state index contributed by atoms with van der Waals surface area (Å²) in [6.07, 6.45) is 1.74. The largest absolute Gasteiger partial charge is 0.521 e. The van der Waals surface area contributed by atoms with Gasteiger partial charge in [0.05, 0.1) is 0 Å². The van der Waals surface area contributed by atoms with Gasteiger partial charge in [0.25, 0.3) is 0 Å². The second-order valence-corrected chi connectivity index (χ2v) is 4.04. The highest BCUT2D eigenvalue weighted by Gasteiger charge is 2.46. The standard InChI is InChI=1S/C5H10BF3O3S/c1-2-3-4-6-12-13(10,11)5(7,8)9/h6H,2-4H2,1H3. The Morgan fingerprint density at radius 2 is 1.92 bits per heavy atom. The summed E-state index contributed by atoms with van der Waals surface area (Å²) in [5, 5.41) is 0. The SMILES string of the molecule is CCCCBOS(=O)(=O)C(F)(F)F. The van der Waals surface area contributed by atoms with Gasteiger partial charge in [0.2, 0.25) is 0 Å². The highest BCUT2D eigenvalue weighted by atomic mass is 32.2. The Hall–Kier alpha value is -0.235. The molecule has 0 rings (SSSR count). The Morgan fingerprint density at radius 3 is 2.31 bits per heavy atom. The Kier molecular flexibility index (Phi) is 4.76. The molecule has 0 aliphatic rings. The Bertz CT molecular complexity index is 236. The molecule has 0 aromatic rings. The van der Waals surface area contributed by atoms with Gasteiger partial charge in [-0.15, -0.1) is 0 Å². The van der Waals surface area contributed by atoms with E-state index in [-0.39, 0.29) is 0 Å². The van der Waals surface area contributed by atoms with Crippen LogP contribution in [0.25, 0.3) is 0 Å². The molecule has 8 heteroatoms. The molecule has 0 bridgehead atoms. The average molecular weight is 218 g/mol. The molecule has 0 amide bonds. The molecule has 0 radical (unpaired) electrons. The topological polar surface area (TPSA) is 43.4 Å². The van der Waals surface area contributed by atoms with Gasteiger partial charge in [-0.05, 0) is 6.32 Å². The van der Waals surface area contributed by atoms with E-state index in [0.717, 1.165) is 6.42 Å². The summed E-state index contributed by atoms with van der Waals surface area (Å²) in [5.41, 5.74) is -5.31. The predicted molar refractivity (Wildman–Crippen MR) is 42.9 cm³/mol. The van der Waals surface area contributed by atoms with Gasteiger partial charge in [0.1, 0.15) is 0 Å². The van der Waals surface area contributed by atoms with Crippen molar-refractivity contribution in [3.05, 3.63) is 0 Å². The summed E-state index contributed by atoms with van der Waals surface area (Å²) in [4.78, 5) is 0. The Morgan fingerprint density at radius 1 is 1.38 bits per heavy atom. The van der Waals surface area contributed by atoms with E-state index >= 15 is 0 Å². The summed E-state index contributed by atoms with van der Waals surface area (Å²) < 4.78 is 59.2. The highest BCUT2D eigenvalue weighted by molar-refractivity contribution is 7.88. The minimum atomic E-state index is -5.38. The number of hydrogen-bond donors (Lipinski definition) is 0. The van der Waals surface area contributed by atoms with Crippen LogP contribution in [0.1, 0.15) is 19.8 Å². The maximum Gasteiger partial charge on any atom is 0.521 e. The lowest BCUT2D eigenvalue weighted by Crippen LogP contribution is -2.26. The molecule has 0 fully saturated rings. The van der Waals surface area contributed by atoms with Crippen LogP contribution in [-0.4, -0.2) is 21.4 Å². The minimum Gasteiger partial charge on any atom is -0.332 e. The van der Waals surface area contributed by atoms with Crippen molar-refractivity contribution in [2.45, 2.75) is 31.6 Å². The number of rotatable bonds is 5. The van der Waals surface area contributed by atoms with Crippen LogP contribution in [-0.2, 0) is 14.2 Å². The normalized spacial score (nSPS) is 12.9. The third-order valence-corrected chi connectivity index (χ3v) is 2.31. The van der Waals surface area contributed by atoms with Crippen LogP contribution in [0.3, 0.4) is 0 Å². The molecule has 0 saturated heterocycles. The molecular formula is C5H10BF3O3S. The van der Waals surface area contributed by atoms with Crippen molar-refractivity contribution in [1.29, 1.82) is 0 Å². The van der Waals surface area contributed by atoms with Crippen LogP contribution in [0.2, 0.25) is 6.32 Å². The molecule has 0 atom stereocenters. The van der Waals surface area contributed by atoms with Gasteiger partial charge in [0.15, 0.2) is 0 Å². The van der Waals surface area contributed by atoms with Gasteiger partial charge in [0, 0.05) is 0 Å². The predicted octanol–water partition coefficient (Wildman–Crippen LogP) is 1.42. The molecule has 0 N–H and O–H groups in total. The van der Waals surface area contributed by atoms with E-state index in [1.165, 1.54) is 0 Å². The van der Waals surface area contributed by atoms with Gasteiger partial charge in [-0.2, -0.15) is 21.6 Å². The molecule has 78 valence electrons. The van der Waals surface area contributed by atoms with Crippen molar-refractivity contribution in [2.75, 3.05) is 0 Å². The van der Waals surface area contributed by atoms with Gasteiger partial charge < -0.3 is 4.10 Å². The molecule has 0 aliphatic carbocycles. The monoisotopic (exact) mass is 218 g/mol. The van der Waals surface area contributed by atoms with E-state index in [1.54, 1.807) is 0 Å². The fraction of sp³-hybridized carbons (Fsp3) is 1.00. The second kappa shape index (κ2) is 4.85. The maximum atomic E-state index is 11.6. The van der Waals surface area contributed by atoms with Gasteiger partial charge in [-0.1, -0.05) is 19.8 Å². The van der Waals surface area contributed by atoms with Gasteiger partial charge >= 0.3 is 23.1 Å². The first-order valence-corrected chi connectivity index (χ1v) is 5.18. The van der Waals surface area contributed by atoms with Crippen LogP contribution in [0.5, 0.6) is 0 Å². The number of hydrogen-bond acceptors (Lipinski definition) is 3. The van der Waals surface area contributed by atoms with E-state index < -0.39 is 23.1 Å². The lowest BCUT2D eigenvalue weighted by Gasteiger charge is -2.07. The van der Waals surface area contributed by atoms with Crippen molar-refractivity contribution < 1.29 is 25.7 Å². The van der Waals surface area contributed by atoms with Crippen LogP contribution in [0.15, 0.2) is 0 Å². The zero-order chi connectivity index (χ0) is 10.5. The molecular weight excluding hydrogens is 208 g/mol. The number of alkyl halides is 3.